The van der Waals surface area contributed by atoms with E-state index in [1.165, 1.54) is 103 Å². The van der Waals surface area contributed by atoms with Crippen LogP contribution in [0, 0.1) is 0 Å². The van der Waals surface area contributed by atoms with E-state index in [-0.39, 0.29) is 12.5 Å². The van der Waals surface area contributed by atoms with Crippen LogP contribution < -0.4 is 5.32 Å². The van der Waals surface area contributed by atoms with E-state index >= 15 is 0 Å². The van der Waals surface area contributed by atoms with Gasteiger partial charge in [0, 0.05) is 6.42 Å². The van der Waals surface area contributed by atoms with Crippen LogP contribution in [0.15, 0.2) is 0 Å². The summed E-state index contributed by atoms with van der Waals surface area (Å²) < 4.78 is 0. The number of unbranched alkanes of at least 4 members (excludes halogenated alkanes) is 20. The second kappa shape index (κ2) is 27.4. The van der Waals surface area contributed by atoms with Crippen LogP contribution in [0.5, 0.6) is 0 Å². The van der Waals surface area contributed by atoms with Gasteiger partial charge in [0.25, 0.3) is 0 Å². The average Bonchev–Trinajstić information content (AvgIpc) is 2.88. The highest BCUT2D eigenvalue weighted by Crippen LogP contribution is 2.15. The molecule has 1 amide bonds. The molecule has 216 valence electrons. The maximum absolute atomic E-state index is 12.3. The Bertz CT molecular complexity index is 460. The molecule has 3 unspecified atom stereocenters. The van der Waals surface area contributed by atoms with Gasteiger partial charge in [0.1, 0.15) is 6.10 Å². The van der Waals surface area contributed by atoms with Crippen molar-refractivity contribution in [2.45, 2.75) is 186 Å². The van der Waals surface area contributed by atoms with E-state index in [1.807, 2.05) is 0 Å². The topological polar surface area (TPSA) is 89.8 Å². The Hall–Kier alpha value is -0.650. The summed E-state index contributed by atoms with van der Waals surface area (Å²) in [6.07, 6.45) is 26.1. The number of carbonyl (C=O) groups is 1. The largest absolute Gasteiger partial charge is 0.394 e. The number of nitrogens with one attached hydrogen (secondary N) is 1. The maximum Gasteiger partial charge on any atom is 0.220 e. The lowest BCUT2D eigenvalue weighted by molar-refractivity contribution is -0.124. The van der Waals surface area contributed by atoms with Crippen LogP contribution in [-0.2, 0) is 4.79 Å². The van der Waals surface area contributed by atoms with Crippen LogP contribution in [0.1, 0.15) is 168 Å². The molecule has 5 nitrogen and oxygen atoms in total. The highest BCUT2D eigenvalue weighted by molar-refractivity contribution is 5.76. The van der Waals surface area contributed by atoms with E-state index in [4.69, 9.17) is 0 Å². The molecule has 0 aliphatic carbocycles. The zero-order valence-electron chi connectivity index (χ0n) is 24.2. The van der Waals surface area contributed by atoms with Gasteiger partial charge in [-0.05, 0) is 12.8 Å². The summed E-state index contributed by atoms with van der Waals surface area (Å²) in [5.41, 5.74) is 0. The van der Waals surface area contributed by atoms with Crippen LogP contribution in [0.2, 0.25) is 0 Å². The summed E-state index contributed by atoms with van der Waals surface area (Å²) in [4.78, 5) is 12.3. The summed E-state index contributed by atoms with van der Waals surface area (Å²) in [6.45, 7) is 4.13. The summed E-state index contributed by atoms with van der Waals surface area (Å²) >= 11 is 0. The van der Waals surface area contributed by atoms with Gasteiger partial charge in [0.2, 0.25) is 5.91 Å². The fourth-order valence-corrected chi connectivity index (χ4v) is 4.92. The molecule has 0 heterocycles. The Morgan fingerprint density at radius 1 is 0.583 bits per heavy atom. The number of rotatable bonds is 28. The lowest BCUT2D eigenvalue weighted by atomic mass is 9.99. The van der Waals surface area contributed by atoms with Gasteiger partial charge in [-0.1, -0.05) is 149 Å². The van der Waals surface area contributed by atoms with Crippen molar-refractivity contribution >= 4 is 5.91 Å². The molecule has 0 fully saturated rings. The summed E-state index contributed by atoms with van der Waals surface area (Å²) in [5.74, 6) is -0.147. The first-order valence-corrected chi connectivity index (χ1v) is 15.8. The highest BCUT2D eigenvalue weighted by atomic mass is 16.3. The fraction of sp³-hybridized carbons (Fsp3) is 0.968. The van der Waals surface area contributed by atoms with Gasteiger partial charge in [-0.15, -0.1) is 0 Å². The van der Waals surface area contributed by atoms with Crippen molar-refractivity contribution in [3.8, 4) is 0 Å². The minimum atomic E-state index is -1.13. The van der Waals surface area contributed by atoms with Gasteiger partial charge < -0.3 is 20.6 Å². The third kappa shape index (κ3) is 22.5. The van der Waals surface area contributed by atoms with Gasteiger partial charge in [-0.3, -0.25) is 4.79 Å². The molecule has 0 rings (SSSR count). The molecule has 0 aliphatic rings. The van der Waals surface area contributed by atoms with Crippen LogP contribution in [0.4, 0.5) is 0 Å². The first kappa shape index (κ1) is 35.4. The smallest absolute Gasteiger partial charge is 0.220 e. The molecule has 0 aliphatic heterocycles. The number of hydrogen-bond acceptors (Lipinski definition) is 4. The third-order valence-electron chi connectivity index (χ3n) is 7.46. The first-order chi connectivity index (χ1) is 17.6. The van der Waals surface area contributed by atoms with Gasteiger partial charge in [0.05, 0.1) is 18.8 Å². The lowest BCUT2D eigenvalue weighted by Gasteiger charge is -2.26. The summed E-state index contributed by atoms with van der Waals surface area (Å²) in [5, 5.41) is 33.1. The predicted molar refractivity (Wildman–Crippen MR) is 153 cm³/mol. The molecule has 0 spiro atoms. The Kier molecular flexibility index (Phi) is 26.9. The minimum absolute atomic E-state index is 0.147. The molecule has 5 heteroatoms. The van der Waals surface area contributed by atoms with E-state index in [0.29, 0.717) is 12.8 Å². The van der Waals surface area contributed by atoms with E-state index in [0.717, 1.165) is 38.5 Å². The standard InChI is InChI=1S/C31H63NO4/c1-3-5-7-9-11-13-15-16-18-20-22-24-26-30(35)32-28(27-33)31(36)29(34)25-23-21-19-17-14-12-10-8-6-4-2/h28-29,31,33-34,36H,3-27H2,1-2H3,(H,32,35). The number of amides is 1. The molecule has 3 atom stereocenters. The molecule has 0 aromatic rings. The van der Waals surface area contributed by atoms with Crippen LogP contribution >= 0.6 is 0 Å². The van der Waals surface area contributed by atoms with E-state index < -0.39 is 18.2 Å². The first-order valence-electron chi connectivity index (χ1n) is 15.8. The van der Waals surface area contributed by atoms with Gasteiger partial charge in [0.15, 0.2) is 0 Å². The number of aliphatic hydroxyl groups excluding tert-OH is 3. The molecule has 0 radical (unpaired) electrons. The summed E-state index contributed by atoms with van der Waals surface area (Å²) in [7, 11) is 0. The Balaban J connectivity index is 3.73. The van der Waals surface area contributed by atoms with Crippen LogP contribution in [-0.4, -0.2) is 46.1 Å². The van der Waals surface area contributed by atoms with Crippen molar-refractivity contribution in [2.24, 2.45) is 0 Å². The van der Waals surface area contributed by atoms with Crippen molar-refractivity contribution in [1.29, 1.82) is 0 Å². The zero-order valence-corrected chi connectivity index (χ0v) is 24.2. The lowest BCUT2D eigenvalue weighted by Crippen LogP contribution is -2.50. The Morgan fingerprint density at radius 3 is 1.33 bits per heavy atom. The van der Waals surface area contributed by atoms with Gasteiger partial charge in [-0.25, -0.2) is 0 Å². The van der Waals surface area contributed by atoms with Gasteiger partial charge >= 0.3 is 0 Å². The van der Waals surface area contributed by atoms with Crippen LogP contribution in [0.25, 0.3) is 0 Å². The molecular formula is C31H63NO4. The van der Waals surface area contributed by atoms with Crippen molar-refractivity contribution < 1.29 is 20.1 Å². The van der Waals surface area contributed by atoms with E-state index in [9.17, 15) is 20.1 Å². The third-order valence-corrected chi connectivity index (χ3v) is 7.46. The van der Waals surface area contributed by atoms with Gasteiger partial charge in [-0.2, -0.15) is 0 Å². The zero-order chi connectivity index (χ0) is 26.7. The monoisotopic (exact) mass is 513 g/mol. The second-order valence-electron chi connectivity index (χ2n) is 11.0. The summed E-state index contributed by atoms with van der Waals surface area (Å²) in [6, 6.07) is -0.798. The number of hydrogen-bond donors (Lipinski definition) is 4. The molecule has 36 heavy (non-hydrogen) atoms. The second-order valence-corrected chi connectivity index (χ2v) is 11.0. The van der Waals surface area contributed by atoms with E-state index in [2.05, 4.69) is 19.2 Å². The number of carbonyl (C=O) groups excluding carboxylic acids is 1. The average molecular weight is 514 g/mol. The maximum atomic E-state index is 12.3. The molecule has 0 aromatic carbocycles. The van der Waals surface area contributed by atoms with Crippen molar-refractivity contribution in [3.63, 3.8) is 0 Å². The SMILES string of the molecule is CCCCCCCCCCCCCCC(=O)NC(CO)C(O)C(O)CCCCCCCCCCCC. The molecule has 0 saturated heterocycles. The van der Waals surface area contributed by atoms with Crippen molar-refractivity contribution in [2.75, 3.05) is 6.61 Å². The fourth-order valence-electron chi connectivity index (χ4n) is 4.92. The predicted octanol–water partition coefficient (Wildman–Crippen LogP) is 7.59. The highest BCUT2D eigenvalue weighted by Gasteiger charge is 2.26. The van der Waals surface area contributed by atoms with Crippen LogP contribution in [0.3, 0.4) is 0 Å². The molecule has 4 N–H and O–H groups in total. The van der Waals surface area contributed by atoms with E-state index in [1.54, 1.807) is 0 Å². The Labute approximate surface area is 224 Å². The molecule has 0 aromatic heterocycles. The van der Waals surface area contributed by atoms with Crippen molar-refractivity contribution in [1.82, 2.24) is 5.32 Å². The van der Waals surface area contributed by atoms with Crippen molar-refractivity contribution in [3.05, 3.63) is 0 Å². The molecular weight excluding hydrogens is 450 g/mol. The minimum Gasteiger partial charge on any atom is -0.394 e. The normalized spacial score (nSPS) is 14.0. The Morgan fingerprint density at radius 2 is 0.944 bits per heavy atom. The molecule has 0 bridgehead atoms. The quantitative estimate of drug-likeness (QED) is 0.0811. The molecule has 0 saturated carbocycles. The number of aliphatic hydroxyl groups is 3.